The standard InChI is InChI=1S/C22H26N2OS/c1-24(2)21(19-8-5-15-26-19)10-12-22(13-11-21)20-17(9-14-25-22)16-6-3-4-7-18(16)23-20/h3-8,15,23H,9-14H2,1-2H3. The van der Waals surface area contributed by atoms with Crippen molar-refractivity contribution in [3.63, 3.8) is 0 Å². The minimum Gasteiger partial charge on any atom is -0.368 e. The van der Waals surface area contributed by atoms with Gasteiger partial charge >= 0.3 is 0 Å². The van der Waals surface area contributed by atoms with Crippen LogP contribution in [0.25, 0.3) is 10.9 Å². The maximum absolute atomic E-state index is 6.51. The van der Waals surface area contributed by atoms with Gasteiger partial charge in [-0.3, -0.25) is 4.90 Å². The lowest BCUT2D eigenvalue weighted by Gasteiger charge is -2.50. The first-order valence-corrected chi connectivity index (χ1v) is 10.5. The molecule has 2 aromatic heterocycles. The molecule has 1 aliphatic carbocycles. The van der Waals surface area contributed by atoms with E-state index in [-0.39, 0.29) is 11.1 Å². The minimum atomic E-state index is -0.136. The third kappa shape index (κ3) is 2.25. The lowest BCUT2D eigenvalue weighted by Crippen LogP contribution is -2.49. The Kier molecular flexibility index (Phi) is 3.78. The number of ether oxygens (including phenoxy) is 1. The summed E-state index contributed by atoms with van der Waals surface area (Å²) in [6, 6.07) is 13.2. The summed E-state index contributed by atoms with van der Waals surface area (Å²) in [6.07, 6.45) is 5.43. The fourth-order valence-electron chi connectivity index (χ4n) is 5.19. The van der Waals surface area contributed by atoms with Crippen molar-refractivity contribution in [3.05, 3.63) is 57.9 Å². The summed E-state index contributed by atoms with van der Waals surface area (Å²) < 4.78 is 6.51. The van der Waals surface area contributed by atoms with E-state index in [4.69, 9.17) is 4.74 Å². The van der Waals surface area contributed by atoms with Gasteiger partial charge in [0, 0.05) is 15.8 Å². The van der Waals surface area contributed by atoms with E-state index in [9.17, 15) is 0 Å². The zero-order chi connectivity index (χ0) is 17.8. The van der Waals surface area contributed by atoms with Gasteiger partial charge in [-0.2, -0.15) is 0 Å². The summed E-state index contributed by atoms with van der Waals surface area (Å²) in [5.41, 5.74) is 4.10. The molecule has 1 fully saturated rings. The number of benzene rings is 1. The van der Waals surface area contributed by atoms with Crippen LogP contribution < -0.4 is 0 Å². The number of aromatic nitrogens is 1. The molecule has 1 aliphatic heterocycles. The van der Waals surface area contributed by atoms with Crippen molar-refractivity contribution >= 4 is 22.2 Å². The molecule has 3 heterocycles. The molecule has 0 bridgehead atoms. The predicted octanol–water partition coefficient (Wildman–Crippen LogP) is 5.03. The third-order valence-electron chi connectivity index (χ3n) is 6.72. The molecule has 5 rings (SSSR count). The van der Waals surface area contributed by atoms with Gasteiger partial charge in [0.2, 0.25) is 0 Å². The van der Waals surface area contributed by atoms with Crippen LogP contribution >= 0.6 is 11.3 Å². The number of nitrogens with one attached hydrogen (secondary N) is 1. The molecule has 26 heavy (non-hydrogen) atoms. The maximum Gasteiger partial charge on any atom is 0.108 e. The molecule has 1 saturated carbocycles. The van der Waals surface area contributed by atoms with E-state index in [0.29, 0.717) is 0 Å². The number of fused-ring (bicyclic) bond motifs is 4. The number of hydrogen-bond acceptors (Lipinski definition) is 3. The number of H-pyrrole nitrogens is 1. The second-order valence-corrected chi connectivity index (χ2v) is 8.97. The van der Waals surface area contributed by atoms with E-state index < -0.39 is 0 Å². The summed E-state index contributed by atoms with van der Waals surface area (Å²) in [6.45, 7) is 0.836. The Balaban J connectivity index is 1.54. The molecule has 3 nitrogen and oxygen atoms in total. The highest BCUT2D eigenvalue weighted by Gasteiger charge is 2.49. The molecule has 1 N–H and O–H groups in total. The minimum absolute atomic E-state index is 0.136. The number of hydrogen-bond donors (Lipinski definition) is 1. The van der Waals surface area contributed by atoms with Gasteiger partial charge in [-0.25, -0.2) is 0 Å². The fraction of sp³-hybridized carbons (Fsp3) is 0.455. The van der Waals surface area contributed by atoms with Gasteiger partial charge in [-0.1, -0.05) is 24.3 Å². The lowest BCUT2D eigenvalue weighted by molar-refractivity contribution is -0.112. The van der Waals surface area contributed by atoms with Crippen LogP contribution in [-0.4, -0.2) is 30.6 Å². The van der Waals surface area contributed by atoms with Crippen molar-refractivity contribution in [2.45, 2.75) is 43.2 Å². The van der Waals surface area contributed by atoms with Crippen molar-refractivity contribution in [1.29, 1.82) is 0 Å². The first-order chi connectivity index (χ1) is 12.6. The Morgan fingerprint density at radius 2 is 1.85 bits per heavy atom. The maximum atomic E-state index is 6.51. The quantitative estimate of drug-likeness (QED) is 0.689. The topological polar surface area (TPSA) is 28.3 Å². The first-order valence-electron chi connectivity index (χ1n) is 9.60. The molecule has 0 radical (unpaired) electrons. The van der Waals surface area contributed by atoms with Crippen molar-refractivity contribution in [2.75, 3.05) is 20.7 Å². The molecule has 0 saturated heterocycles. The average Bonchev–Trinajstić information content (AvgIpc) is 3.31. The molecule has 3 aromatic rings. The van der Waals surface area contributed by atoms with Gasteiger partial charge < -0.3 is 9.72 Å². The second-order valence-electron chi connectivity index (χ2n) is 8.02. The van der Waals surface area contributed by atoms with Crippen LogP contribution in [0.1, 0.15) is 41.8 Å². The molecule has 0 atom stereocenters. The van der Waals surface area contributed by atoms with E-state index in [1.807, 2.05) is 11.3 Å². The van der Waals surface area contributed by atoms with Crippen LogP contribution in [0, 0.1) is 0 Å². The average molecular weight is 367 g/mol. The van der Waals surface area contributed by atoms with Gasteiger partial charge in [0.15, 0.2) is 0 Å². The van der Waals surface area contributed by atoms with Gasteiger partial charge in [-0.15, -0.1) is 11.3 Å². The molecular formula is C22H26N2OS. The summed E-state index contributed by atoms with van der Waals surface area (Å²) in [4.78, 5) is 7.65. The summed E-state index contributed by atoms with van der Waals surface area (Å²) >= 11 is 1.89. The Bertz CT molecular complexity index is 917. The Hall–Kier alpha value is -1.62. The number of para-hydroxylation sites is 1. The van der Waals surface area contributed by atoms with Crippen LogP contribution in [0.5, 0.6) is 0 Å². The summed E-state index contributed by atoms with van der Waals surface area (Å²) in [7, 11) is 4.46. The van der Waals surface area contributed by atoms with E-state index in [0.717, 1.165) is 38.7 Å². The second kappa shape index (κ2) is 5.95. The molecule has 136 valence electrons. The fourth-order valence-corrected chi connectivity index (χ4v) is 6.26. The number of thiophene rings is 1. The predicted molar refractivity (Wildman–Crippen MR) is 108 cm³/mol. The Morgan fingerprint density at radius 1 is 1.04 bits per heavy atom. The molecule has 0 amide bonds. The Morgan fingerprint density at radius 3 is 2.58 bits per heavy atom. The number of rotatable bonds is 2. The lowest BCUT2D eigenvalue weighted by atomic mass is 9.70. The molecular weight excluding hydrogens is 340 g/mol. The monoisotopic (exact) mass is 366 g/mol. The first kappa shape index (κ1) is 16.5. The normalized spacial score (nSPS) is 28.7. The molecule has 1 spiro atoms. The summed E-state index contributed by atoms with van der Waals surface area (Å²) in [5.74, 6) is 0. The van der Waals surface area contributed by atoms with E-state index in [1.54, 1.807) is 0 Å². The van der Waals surface area contributed by atoms with E-state index in [2.05, 4.69) is 65.8 Å². The van der Waals surface area contributed by atoms with Crippen molar-refractivity contribution in [1.82, 2.24) is 9.88 Å². The highest BCUT2D eigenvalue weighted by Crippen LogP contribution is 2.53. The van der Waals surface area contributed by atoms with Crippen molar-refractivity contribution < 1.29 is 4.74 Å². The highest BCUT2D eigenvalue weighted by atomic mass is 32.1. The zero-order valence-electron chi connectivity index (χ0n) is 15.5. The molecule has 2 aliphatic rings. The van der Waals surface area contributed by atoms with Crippen LogP contribution in [0.4, 0.5) is 0 Å². The van der Waals surface area contributed by atoms with E-state index >= 15 is 0 Å². The smallest absolute Gasteiger partial charge is 0.108 e. The SMILES string of the molecule is CN(C)C1(c2cccs2)CCC2(CC1)OCCc1c2[nH]c2ccccc12. The molecule has 1 aromatic carbocycles. The van der Waals surface area contributed by atoms with Gasteiger partial charge in [0.25, 0.3) is 0 Å². The van der Waals surface area contributed by atoms with Gasteiger partial charge in [-0.05, 0) is 69.3 Å². The number of nitrogens with zero attached hydrogens (tertiary/aromatic N) is 1. The summed E-state index contributed by atoms with van der Waals surface area (Å²) in [5, 5.41) is 3.59. The van der Waals surface area contributed by atoms with E-state index in [1.165, 1.54) is 27.0 Å². The number of aromatic amines is 1. The molecule has 0 unspecified atom stereocenters. The van der Waals surface area contributed by atoms with Crippen molar-refractivity contribution in [2.24, 2.45) is 0 Å². The molecule has 4 heteroatoms. The van der Waals surface area contributed by atoms with Gasteiger partial charge in [0.05, 0.1) is 17.8 Å². The van der Waals surface area contributed by atoms with Crippen LogP contribution in [0.15, 0.2) is 41.8 Å². The van der Waals surface area contributed by atoms with Crippen LogP contribution in [0.2, 0.25) is 0 Å². The highest BCUT2D eigenvalue weighted by molar-refractivity contribution is 7.10. The third-order valence-corrected chi connectivity index (χ3v) is 7.78. The van der Waals surface area contributed by atoms with Crippen LogP contribution in [0.3, 0.4) is 0 Å². The Labute approximate surface area is 159 Å². The van der Waals surface area contributed by atoms with Crippen LogP contribution in [-0.2, 0) is 22.3 Å². The zero-order valence-corrected chi connectivity index (χ0v) is 16.4. The van der Waals surface area contributed by atoms with Crippen molar-refractivity contribution in [3.8, 4) is 0 Å². The largest absolute Gasteiger partial charge is 0.368 e. The van der Waals surface area contributed by atoms with Gasteiger partial charge in [0.1, 0.15) is 5.60 Å².